The lowest BCUT2D eigenvalue weighted by molar-refractivity contribution is -0.0623. The molecule has 0 saturated heterocycles. The second-order valence-corrected chi connectivity index (χ2v) is 4.21. The summed E-state index contributed by atoms with van der Waals surface area (Å²) in [6.45, 7) is 8.75. The van der Waals surface area contributed by atoms with Crippen LogP contribution in [0.3, 0.4) is 0 Å². The van der Waals surface area contributed by atoms with E-state index >= 15 is 0 Å². The minimum absolute atomic E-state index is 0.265. The minimum atomic E-state index is -0.265. The fourth-order valence-corrected chi connectivity index (χ4v) is 1.59. The first-order chi connectivity index (χ1) is 8.08. The van der Waals surface area contributed by atoms with Gasteiger partial charge in [-0.15, -0.1) is 0 Å². The second-order valence-electron chi connectivity index (χ2n) is 4.21. The van der Waals surface area contributed by atoms with Crippen molar-refractivity contribution in [1.82, 2.24) is 0 Å². The highest BCUT2D eigenvalue weighted by atomic mass is 16.7. The van der Waals surface area contributed by atoms with Gasteiger partial charge in [-0.05, 0) is 37.5 Å². The molecule has 1 aromatic rings. The molecule has 96 valence electrons. The predicted molar refractivity (Wildman–Crippen MR) is 68.8 cm³/mol. The van der Waals surface area contributed by atoms with Crippen LogP contribution in [0, 0.1) is 0 Å². The van der Waals surface area contributed by atoms with Gasteiger partial charge in [-0.3, -0.25) is 0 Å². The van der Waals surface area contributed by atoms with Gasteiger partial charge in [-0.1, -0.05) is 19.9 Å². The Morgan fingerprint density at radius 2 is 1.82 bits per heavy atom. The molecule has 17 heavy (non-hydrogen) atoms. The maximum Gasteiger partial charge on any atom is 0.197 e. The van der Waals surface area contributed by atoms with Crippen molar-refractivity contribution in [3.63, 3.8) is 0 Å². The lowest BCUT2D eigenvalue weighted by atomic mass is 10.0. The van der Waals surface area contributed by atoms with Gasteiger partial charge in [0.25, 0.3) is 0 Å². The summed E-state index contributed by atoms with van der Waals surface area (Å²) < 4.78 is 16.3. The number of hydrogen-bond acceptors (Lipinski definition) is 3. The molecule has 0 amide bonds. The minimum Gasteiger partial charge on any atom is -0.493 e. The maximum atomic E-state index is 5.66. The lowest BCUT2D eigenvalue weighted by Crippen LogP contribution is -2.16. The summed E-state index contributed by atoms with van der Waals surface area (Å²) in [4.78, 5) is 0. The fraction of sp³-hybridized carbons (Fsp3) is 0.571. The summed E-state index contributed by atoms with van der Waals surface area (Å²) >= 11 is 0. The molecule has 1 unspecified atom stereocenters. The molecule has 0 aliphatic rings. The first-order valence-corrected chi connectivity index (χ1v) is 6.04. The third-order valence-corrected chi connectivity index (χ3v) is 2.55. The van der Waals surface area contributed by atoms with Crippen LogP contribution in [-0.4, -0.2) is 20.0 Å². The van der Waals surface area contributed by atoms with Crippen molar-refractivity contribution in [3.8, 4) is 11.5 Å². The molecule has 0 spiro atoms. The molecule has 3 nitrogen and oxygen atoms in total. The Morgan fingerprint density at radius 1 is 1.12 bits per heavy atom. The average molecular weight is 238 g/mol. The van der Waals surface area contributed by atoms with Gasteiger partial charge in [0.1, 0.15) is 0 Å². The van der Waals surface area contributed by atoms with E-state index in [2.05, 4.69) is 19.9 Å². The zero-order valence-electron chi connectivity index (χ0n) is 11.3. The number of rotatable bonds is 6. The van der Waals surface area contributed by atoms with Crippen LogP contribution >= 0.6 is 0 Å². The first-order valence-electron chi connectivity index (χ1n) is 6.04. The molecule has 0 bridgehead atoms. The van der Waals surface area contributed by atoms with Crippen molar-refractivity contribution in [2.75, 3.05) is 13.7 Å². The molecule has 0 aromatic heterocycles. The van der Waals surface area contributed by atoms with E-state index in [0.717, 1.165) is 11.5 Å². The van der Waals surface area contributed by atoms with Crippen molar-refractivity contribution < 1.29 is 14.2 Å². The zero-order chi connectivity index (χ0) is 12.8. The Morgan fingerprint density at radius 3 is 2.35 bits per heavy atom. The summed E-state index contributed by atoms with van der Waals surface area (Å²) in [7, 11) is 1.65. The SMILES string of the molecule is CCOC(C)Oc1ccc(C(C)C)cc1OC. The summed E-state index contributed by atoms with van der Waals surface area (Å²) in [5.41, 5.74) is 1.23. The number of methoxy groups -OCH3 is 1. The van der Waals surface area contributed by atoms with E-state index in [1.54, 1.807) is 7.11 Å². The Bertz CT molecular complexity index is 347. The molecule has 3 heteroatoms. The molecule has 0 radical (unpaired) electrons. The zero-order valence-corrected chi connectivity index (χ0v) is 11.3. The summed E-state index contributed by atoms with van der Waals surface area (Å²) in [6, 6.07) is 6.00. The van der Waals surface area contributed by atoms with Crippen LogP contribution in [0.15, 0.2) is 18.2 Å². The highest BCUT2D eigenvalue weighted by molar-refractivity contribution is 5.43. The quantitative estimate of drug-likeness (QED) is 0.709. The van der Waals surface area contributed by atoms with Gasteiger partial charge in [-0.25, -0.2) is 0 Å². The molecular formula is C14H22O3. The van der Waals surface area contributed by atoms with Crippen LogP contribution < -0.4 is 9.47 Å². The topological polar surface area (TPSA) is 27.7 Å². The molecule has 1 rings (SSSR count). The lowest BCUT2D eigenvalue weighted by Gasteiger charge is -2.17. The van der Waals surface area contributed by atoms with Gasteiger partial charge in [-0.2, -0.15) is 0 Å². The Balaban J connectivity index is 2.85. The van der Waals surface area contributed by atoms with Crippen LogP contribution in [-0.2, 0) is 4.74 Å². The van der Waals surface area contributed by atoms with Crippen molar-refractivity contribution in [3.05, 3.63) is 23.8 Å². The molecule has 1 aromatic carbocycles. The molecule has 0 aliphatic heterocycles. The molecule has 0 heterocycles. The molecule has 0 saturated carbocycles. The third-order valence-electron chi connectivity index (χ3n) is 2.55. The van der Waals surface area contributed by atoms with Gasteiger partial charge < -0.3 is 14.2 Å². The smallest absolute Gasteiger partial charge is 0.197 e. The van der Waals surface area contributed by atoms with Gasteiger partial charge in [0.05, 0.1) is 7.11 Å². The van der Waals surface area contributed by atoms with Crippen LogP contribution in [0.1, 0.15) is 39.2 Å². The molecule has 0 N–H and O–H groups in total. The maximum absolute atomic E-state index is 5.66. The third kappa shape index (κ3) is 3.93. The van der Waals surface area contributed by atoms with Gasteiger partial charge in [0, 0.05) is 6.61 Å². The van der Waals surface area contributed by atoms with E-state index in [1.807, 2.05) is 26.0 Å². The van der Waals surface area contributed by atoms with Gasteiger partial charge in [0.2, 0.25) is 0 Å². The van der Waals surface area contributed by atoms with E-state index in [4.69, 9.17) is 14.2 Å². The van der Waals surface area contributed by atoms with Crippen LogP contribution in [0.5, 0.6) is 11.5 Å². The van der Waals surface area contributed by atoms with E-state index in [0.29, 0.717) is 12.5 Å². The fourth-order valence-electron chi connectivity index (χ4n) is 1.59. The summed E-state index contributed by atoms with van der Waals surface area (Å²) in [5.74, 6) is 1.95. The van der Waals surface area contributed by atoms with Crippen LogP contribution in [0.4, 0.5) is 0 Å². The summed E-state index contributed by atoms with van der Waals surface area (Å²) in [6.07, 6.45) is -0.265. The van der Waals surface area contributed by atoms with Gasteiger partial charge >= 0.3 is 0 Å². The Labute approximate surface area is 104 Å². The Kier molecular flexibility index (Phi) is 5.29. The highest BCUT2D eigenvalue weighted by Gasteiger charge is 2.10. The van der Waals surface area contributed by atoms with Gasteiger partial charge in [0.15, 0.2) is 17.8 Å². The number of benzene rings is 1. The van der Waals surface area contributed by atoms with E-state index < -0.39 is 0 Å². The van der Waals surface area contributed by atoms with Crippen molar-refractivity contribution in [1.29, 1.82) is 0 Å². The molecule has 0 fully saturated rings. The standard InChI is InChI=1S/C14H22O3/c1-6-16-11(4)17-13-8-7-12(10(2)3)9-14(13)15-5/h7-11H,6H2,1-5H3. The van der Waals surface area contributed by atoms with Crippen molar-refractivity contribution in [2.45, 2.75) is 39.9 Å². The highest BCUT2D eigenvalue weighted by Crippen LogP contribution is 2.31. The Hall–Kier alpha value is -1.22. The first kappa shape index (κ1) is 13.8. The number of ether oxygens (including phenoxy) is 3. The normalized spacial score (nSPS) is 12.6. The van der Waals surface area contributed by atoms with E-state index in [-0.39, 0.29) is 6.29 Å². The average Bonchev–Trinajstić information content (AvgIpc) is 2.29. The largest absolute Gasteiger partial charge is 0.493 e. The summed E-state index contributed by atoms with van der Waals surface area (Å²) in [5, 5.41) is 0. The monoisotopic (exact) mass is 238 g/mol. The van der Waals surface area contributed by atoms with Crippen molar-refractivity contribution in [2.24, 2.45) is 0 Å². The van der Waals surface area contributed by atoms with Crippen LogP contribution in [0.2, 0.25) is 0 Å². The molecular weight excluding hydrogens is 216 g/mol. The van der Waals surface area contributed by atoms with E-state index in [9.17, 15) is 0 Å². The molecule has 1 atom stereocenters. The van der Waals surface area contributed by atoms with Crippen LogP contribution in [0.25, 0.3) is 0 Å². The van der Waals surface area contributed by atoms with E-state index in [1.165, 1.54) is 5.56 Å². The second kappa shape index (κ2) is 6.50. The molecule has 0 aliphatic carbocycles. The predicted octanol–water partition coefficient (Wildman–Crippen LogP) is 3.58. The number of hydrogen-bond donors (Lipinski definition) is 0. The van der Waals surface area contributed by atoms with Crippen molar-refractivity contribution >= 4 is 0 Å².